The third-order valence-electron chi connectivity index (χ3n) is 4.46. The maximum absolute atomic E-state index is 12.7. The average Bonchev–Trinajstić information content (AvgIpc) is 3.19. The number of nitrogens with one attached hydrogen (secondary N) is 1. The van der Waals surface area contributed by atoms with Gasteiger partial charge in [0.25, 0.3) is 5.91 Å². The molecule has 1 N–H and O–H groups in total. The molecule has 0 saturated carbocycles. The maximum atomic E-state index is 12.7. The normalized spacial score (nSPS) is 13.9. The van der Waals surface area contributed by atoms with E-state index in [9.17, 15) is 4.79 Å². The van der Waals surface area contributed by atoms with Crippen molar-refractivity contribution < 1.29 is 9.53 Å². The van der Waals surface area contributed by atoms with Crippen LogP contribution in [0.1, 0.15) is 41.3 Å². The Balaban J connectivity index is 1.69. The molecule has 5 nitrogen and oxygen atoms in total. The molecular formula is C20H25N3O2. The van der Waals surface area contributed by atoms with Crippen LogP contribution in [-0.4, -0.2) is 30.6 Å². The Morgan fingerprint density at radius 3 is 2.68 bits per heavy atom. The fraction of sp³-hybridized carbons (Fsp3) is 0.400. The van der Waals surface area contributed by atoms with Crippen LogP contribution in [-0.2, 0) is 17.9 Å². The van der Waals surface area contributed by atoms with E-state index in [0.29, 0.717) is 25.3 Å². The van der Waals surface area contributed by atoms with E-state index in [0.717, 1.165) is 42.9 Å². The van der Waals surface area contributed by atoms with Crippen LogP contribution in [0.5, 0.6) is 0 Å². The first kappa shape index (κ1) is 17.4. The van der Waals surface area contributed by atoms with Crippen LogP contribution in [0, 0.1) is 0 Å². The molecule has 1 fully saturated rings. The van der Waals surface area contributed by atoms with E-state index in [-0.39, 0.29) is 5.91 Å². The molecule has 0 aliphatic carbocycles. The van der Waals surface area contributed by atoms with E-state index in [1.54, 1.807) is 6.20 Å². The van der Waals surface area contributed by atoms with Crippen molar-refractivity contribution in [2.75, 3.05) is 24.6 Å². The largest absolute Gasteiger partial charge is 0.377 e. The van der Waals surface area contributed by atoms with Crippen LogP contribution >= 0.6 is 0 Å². The lowest BCUT2D eigenvalue weighted by atomic mass is 10.1. The summed E-state index contributed by atoms with van der Waals surface area (Å²) in [6, 6.07) is 11.7. The minimum Gasteiger partial charge on any atom is -0.377 e. The molecule has 25 heavy (non-hydrogen) atoms. The van der Waals surface area contributed by atoms with E-state index in [1.807, 2.05) is 43.3 Å². The highest BCUT2D eigenvalue weighted by Crippen LogP contribution is 2.22. The zero-order valence-electron chi connectivity index (χ0n) is 14.7. The number of aromatic nitrogens is 1. The van der Waals surface area contributed by atoms with Gasteiger partial charge in [-0.05, 0) is 43.0 Å². The first-order valence-corrected chi connectivity index (χ1v) is 8.92. The summed E-state index contributed by atoms with van der Waals surface area (Å²) in [7, 11) is 0. The molecule has 5 heteroatoms. The zero-order chi connectivity index (χ0) is 17.5. The highest BCUT2D eigenvalue weighted by atomic mass is 16.5. The van der Waals surface area contributed by atoms with Gasteiger partial charge in [-0.1, -0.05) is 24.3 Å². The predicted octanol–water partition coefficient (Wildman–Crippen LogP) is 3.15. The van der Waals surface area contributed by atoms with Gasteiger partial charge >= 0.3 is 0 Å². The minimum atomic E-state index is -0.0822. The average molecular weight is 339 g/mol. The predicted molar refractivity (Wildman–Crippen MR) is 98.6 cm³/mol. The number of nitrogens with zero attached hydrogens (tertiary/aromatic N) is 2. The number of ether oxygens (including phenoxy) is 1. The van der Waals surface area contributed by atoms with Gasteiger partial charge in [-0.2, -0.15) is 0 Å². The standard InChI is InChI=1S/C20H25N3O2/c1-2-25-15-17-9-4-3-8-16(17)14-22-20(24)18-10-7-11-21-19(18)23-12-5-6-13-23/h3-4,7-11H,2,5-6,12-15H2,1H3,(H,22,24). The molecule has 0 atom stereocenters. The number of anilines is 1. The van der Waals surface area contributed by atoms with E-state index in [2.05, 4.69) is 15.2 Å². The maximum Gasteiger partial charge on any atom is 0.255 e. The summed E-state index contributed by atoms with van der Waals surface area (Å²) in [5.74, 6) is 0.710. The van der Waals surface area contributed by atoms with Gasteiger partial charge in [0.2, 0.25) is 0 Å². The summed E-state index contributed by atoms with van der Waals surface area (Å²) < 4.78 is 5.51. The quantitative estimate of drug-likeness (QED) is 0.842. The summed E-state index contributed by atoms with van der Waals surface area (Å²) in [4.78, 5) is 19.3. The Morgan fingerprint density at radius 1 is 1.16 bits per heavy atom. The van der Waals surface area contributed by atoms with Crippen LogP contribution in [0.2, 0.25) is 0 Å². The SMILES string of the molecule is CCOCc1ccccc1CNC(=O)c1cccnc1N1CCCC1. The van der Waals surface area contributed by atoms with Gasteiger partial charge in [0.05, 0.1) is 12.2 Å². The number of hydrogen-bond donors (Lipinski definition) is 1. The number of carbonyl (C=O) groups is 1. The Morgan fingerprint density at radius 2 is 1.92 bits per heavy atom. The lowest BCUT2D eigenvalue weighted by molar-refractivity contribution is 0.0950. The third kappa shape index (κ3) is 4.37. The molecule has 0 spiro atoms. The smallest absolute Gasteiger partial charge is 0.255 e. The fourth-order valence-corrected chi connectivity index (χ4v) is 3.11. The summed E-state index contributed by atoms with van der Waals surface area (Å²) in [5.41, 5.74) is 2.83. The number of amides is 1. The Bertz CT molecular complexity index is 712. The van der Waals surface area contributed by atoms with Crippen LogP contribution in [0.15, 0.2) is 42.6 Å². The van der Waals surface area contributed by atoms with Crippen LogP contribution in [0.4, 0.5) is 5.82 Å². The van der Waals surface area contributed by atoms with Gasteiger partial charge in [-0.3, -0.25) is 4.79 Å². The van der Waals surface area contributed by atoms with Crippen molar-refractivity contribution in [2.24, 2.45) is 0 Å². The minimum absolute atomic E-state index is 0.0822. The molecule has 0 radical (unpaired) electrons. The molecule has 0 bridgehead atoms. The van der Waals surface area contributed by atoms with Crippen LogP contribution in [0.3, 0.4) is 0 Å². The van der Waals surface area contributed by atoms with Crippen LogP contribution < -0.4 is 10.2 Å². The first-order chi connectivity index (χ1) is 12.3. The lowest BCUT2D eigenvalue weighted by Crippen LogP contribution is -2.28. The van der Waals surface area contributed by atoms with Crippen molar-refractivity contribution in [1.29, 1.82) is 0 Å². The number of pyridine rings is 1. The van der Waals surface area contributed by atoms with Gasteiger partial charge in [-0.15, -0.1) is 0 Å². The second-order valence-electron chi connectivity index (χ2n) is 6.16. The molecule has 3 rings (SSSR count). The highest BCUT2D eigenvalue weighted by Gasteiger charge is 2.20. The van der Waals surface area contributed by atoms with Crippen molar-refractivity contribution in [2.45, 2.75) is 32.9 Å². The molecule has 132 valence electrons. The Labute approximate surface area is 149 Å². The number of hydrogen-bond acceptors (Lipinski definition) is 4. The molecule has 1 aromatic heterocycles. The molecule has 1 aliphatic rings. The van der Waals surface area contributed by atoms with Gasteiger partial charge in [-0.25, -0.2) is 4.98 Å². The van der Waals surface area contributed by atoms with Gasteiger partial charge in [0.1, 0.15) is 5.82 Å². The molecular weight excluding hydrogens is 314 g/mol. The summed E-state index contributed by atoms with van der Waals surface area (Å²) in [5, 5.41) is 3.03. The first-order valence-electron chi connectivity index (χ1n) is 8.92. The Hall–Kier alpha value is -2.40. The summed E-state index contributed by atoms with van der Waals surface area (Å²) in [6.45, 7) is 5.64. The van der Waals surface area contributed by atoms with E-state index in [4.69, 9.17) is 4.74 Å². The van der Waals surface area contributed by atoms with Gasteiger partial charge in [0.15, 0.2) is 0 Å². The second kappa shape index (κ2) is 8.62. The van der Waals surface area contributed by atoms with Gasteiger partial charge in [0, 0.05) is 32.4 Å². The summed E-state index contributed by atoms with van der Waals surface area (Å²) in [6.07, 6.45) is 4.06. The van der Waals surface area contributed by atoms with E-state index < -0.39 is 0 Å². The van der Waals surface area contributed by atoms with Crippen molar-refractivity contribution in [3.63, 3.8) is 0 Å². The Kier molecular flexibility index (Phi) is 6.01. The number of rotatable bonds is 7. The second-order valence-corrected chi connectivity index (χ2v) is 6.16. The third-order valence-corrected chi connectivity index (χ3v) is 4.46. The highest BCUT2D eigenvalue weighted by molar-refractivity contribution is 5.98. The molecule has 1 amide bonds. The van der Waals surface area contributed by atoms with Crippen molar-refractivity contribution in [3.8, 4) is 0 Å². The number of carbonyl (C=O) groups excluding carboxylic acids is 1. The molecule has 2 aromatic rings. The molecule has 0 unspecified atom stereocenters. The van der Waals surface area contributed by atoms with E-state index in [1.165, 1.54) is 0 Å². The summed E-state index contributed by atoms with van der Waals surface area (Å²) >= 11 is 0. The van der Waals surface area contributed by atoms with Crippen LogP contribution in [0.25, 0.3) is 0 Å². The molecule has 2 heterocycles. The number of benzene rings is 1. The van der Waals surface area contributed by atoms with Crippen molar-refractivity contribution in [3.05, 3.63) is 59.3 Å². The molecule has 1 aliphatic heterocycles. The fourth-order valence-electron chi connectivity index (χ4n) is 3.11. The monoisotopic (exact) mass is 339 g/mol. The van der Waals surface area contributed by atoms with E-state index >= 15 is 0 Å². The van der Waals surface area contributed by atoms with Crippen molar-refractivity contribution in [1.82, 2.24) is 10.3 Å². The van der Waals surface area contributed by atoms with Gasteiger partial charge < -0.3 is 15.0 Å². The van der Waals surface area contributed by atoms with Crippen molar-refractivity contribution >= 4 is 11.7 Å². The molecule has 1 aromatic carbocycles. The zero-order valence-corrected chi connectivity index (χ0v) is 14.7. The molecule has 1 saturated heterocycles. The topological polar surface area (TPSA) is 54.5 Å². The lowest BCUT2D eigenvalue weighted by Gasteiger charge is -2.19.